The zero-order chi connectivity index (χ0) is 18.0. The van der Waals surface area contributed by atoms with Crippen molar-refractivity contribution in [1.29, 1.82) is 0 Å². The first-order valence-corrected chi connectivity index (χ1v) is 9.69. The molecule has 0 bridgehead atoms. The fraction of sp³-hybridized carbons (Fsp3) is 0.368. The summed E-state index contributed by atoms with van der Waals surface area (Å²) in [5.74, 6) is 1.21. The summed E-state index contributed by atoms with van der Waals surface area (Å²) in [5.41, 5.74) is 3.26. The van der Waals surface area contributed by atoms with Crippen molar-refractivity contribution in [3.63, 3.8) is 0 Å². The van der Waals surface area contributed by atoms with Crippen LogP contribution in [0.5, 0.6) is 11.5 Å². The van der Waals surface area contributed by atoms with E-state index in [9.17, 15) is 8.42 Å². The van der Waals surface area contributed by atoms with Crippen molar-refractivity contribution >= 4 is 10.0 Å². The number of benzene rings is 2. The highest BCUT2D eigenvalue weighted by molar-refractivity contribution is 7.89. The lowest BCUT2D eigenvalue weighted by molar-refractivity contribution is 0.354. The Balaban J connectivity index is 1.83. The molecule has 2 aromatic rings. The van der Waals surface area contributed by atoms with E-state index in [0.717, 1.165) is 30.4 Å². The maximum atomic E-state index is 12.9. The molecular weight excluding hydrogens is 338 g/mol. The number of fused-ring (bicyclic) bond motifs is 1. The van der Waals surface area contributed by atoms with E-state index < -0.39 is 10.0 Å². The molecule has 0 aromatic heterocycles. The molecule has 0 unspecified atom stereocenters. The molecule has 1 aliphatic carbocycles. The first kappa shape index (κ1) is 17.8. The van der Waals surface area contributed by atoms with Crippen LogP contribution < -0.4 is 9.47 Å². The fourth-order valence-corrected chi connectivity index (χ4v) is 4.42. The zero-order valence-corrected chi connectivity index (χ0v) is 15.6. The third kappa shape index (κ3) is 3.50. The molecule has 0 aliphatic heterocycles. The molecule has 0 N–H and O–H groups in total. The van der Waals surface area contributed by atoms with Crippen LogP contribution in [-0.2, 0) is 29.4 Å². The molecule has 2 aromatic carbocycles. The van der Waals surface area contributed by atoms with Gasteiger partial charge in [0.1, 0.15) is 0 Å². The number of ether oxygens (including phenoxy) is 2. The van der Waals surface area contributed by atoms with Gasteiger partial charge in [-0.1, -0.05) is 12.1 Å². The maximum Gasteiger partial charge on any atom is 0.243 e. The quantitative estimate of drug-likeness (QED) is 0.794. The Bertz CT molecular complexity index is 877. The molecule has 5 nitrogen and oxygen atoms in total. The topological polar surface area (TPSA) is 55.8 Å². The second-order valence-corrected chi connectivity index (χ2v) is 8.28. The monoisotopic (exact) mass is 361 g/mol. The normalized spacial score (nSPS) is 13.8. The number of aryl methyl sites for hydroxylation is 2. The summed E-state index contributed by atoms with van der Waals surface area (Å²) in [4.78, 5) is 0.358. The van der Waals surface area contributed by atoms with Gasteiger partial charge in [0, 0.05) is 13.6 Å². The zero-order valence-electron chi connectivity index (χ0n) is 14.8. The van der Waals surface area contributed by atoms with Crippen molar-refractivity contribution in [2.75, 3.05) is 21.3 Å². The van der Waals surface area contributed by atoms with Gasteiger partial charge in [-0.3, -0.25) is 0 Å². The average Bonchev–Trinajstić information content (AvgIpc) is 3.09. The van der Waals surface area contributed by atoms with Crippen molar-refractivity contribution in [1.82, 2.24) is 4.31 Å². The number of methoxy groups -OCH3 is 2. The molecule has 25 heavy (non-hydrogen) atoms. The minimum absolute atomic E-state index is 0.264. The van der Waals surface area contributed by atoms with E-state index in [-0.39, 0.29) is 6.54 Å². The SMILES string of the molecule is COc1ccc(CN(C)S(=O)(=O)c2ccc3c(c2)CCC3)cc1OC. The van der Waals surface area contributed by atoms with E-state index in [0.29, 0.717) is 16.4 Å². The van der Waals surface area contributed by atoms with E-state index in [1.165, 1.54) is 9.87 Å². The van der Waals surface area contributed by atoms with Crippen molar-refractivity contribution in [3.05, 3.63) is 53.1 Å². The molecule has 0 spiro atoms. The van der Waals surface area contributed by atoms with E-state index in [1.54, 1.807) is 39.5 Å². The molecule has 3 rings (SSSR count). The van der Waals surface area contributed by atoms with E-state index in [2.05, 4.69) is 0 Å². The predicted molar refractivity (Wildman–Crippen MR) is 96.7 cm³/mol. The summed E-state index contributed by atoms with van der Waals surface area (Å²) in [6.45, 7) is 0.264. The Hall–Kier alpha value is -2.05. The van der Waals surface area contributed by atoms with Gasteiger partial charge in [0.25, 0.3) is 0 Å². The van der Waals surface area contributed by atoms with Crippen LogP contribution >= 0.6 is 0 Å². The predicted octanol–water partition coefficient (Wildman–Crippen LogP) is 3.01. The molecule has 134 valence electrons. The Labute approximate surface area is 149 Å². The van der Waals surface area contributed by atoms with Gasteiger partial charge < -0.3 is 9.47 Å². The van der Waals surface area contributed by atoms with Gasteiger partial charge in [-0.15, -0.1) is 0 Å². The summed E-state index contributed by atoms with van der Waals surface area (Å²) < 4.78 is 37.6. The highest BCUT2D eigenvalue weighted by Gasteiger charge is 2.23. The molecule has 0 saturated carbocycles. The van der Waals surface area contributed by atoms with Gasteiger partial charge in [0.2, 0.25) is 10.0 Å². The second-order valence-electron chi connectivity index (χ2n) is 6.23. The lowest BCUT2D eigenvalue weighted by Crippen LogP contribution is -2.26. The van der Waals surface area contributed by atoms with Gasteiger partial charge in [-0.05, 0) is 60.2 Å². The molecule has 0 radical (unpaired) electrons. The third-order valence-corrected chi connectivity index (χ3v) is 6.43. The maximum absolute atomic E-state index is 12.9. The van der Waals surface area contributed by atoms with Crippen LogP contribution in [0, 0.1) is 0 Å². The highest BCUT2D eigenvalue weighted by atomic mass is 32.2. The van der Waals surface area contributed by atoms with Crippen molar-refractivity contribution in [2.45, 2.75) is 30.7 Å². The van der Waals surface area contributed by atoms with Gasteiger partial charge in [-0.2, -0.15) is 4.31 Å². The largest absolute Gasteiger partial charge is 0.493 e. The number of rotatable bonds is 6. The summed E-state index contributed by atoms with van der Waals surface area (Å²) in [6.07, 6.45) is 3.09. The average molecular weight is 361 g/mol. The standard InChI is InChI=1S/C19H23NO4S/c1-20(13-14-7-10-18(23-2)19(11-14)24-3)25(21,22)17-9-8-15-5-4-6-16(15)12-17/h7-12H,4-6,13H2,1-3H3. The van der Waals surface area contributed by atoms with E-state index >= 15 is 0 Å². The Kier molecular flexibility index (Phi) is 5.01. The number of nitrogens with zero attached hydrogens (tertiary/aromatic N) is 1. The minimum Gasteiger partial charge on any atom is -0.493 e. The van der Waals surface area contributed by atoms with E-state index in [1.807, 2.05) is 18.2 Å². The molecule has 0 heterocycles. The highest BCUT2D eigenvalue weighted by Crippen LogP contribution is 2.29. The van der Waals surface area contributed by atoms with Gasteiger partial charge in [0.15, 0.2) is 11.5 Å². The smallest absolute Gasteiger partial charge is 0.243 e. The first-order chi connectivity index (χ1) is 12.0. The molecular formula is C19H23NO4S. The van der Waals surface area contributed by atoms with Crippen LogP contribution in [0.2, 0.25) is 0 Å². The Morgan fingerprint density at radius 2 is 1.68 bits per heavy atom. The minimum atomic E-state index is -3.53. The molecule has 6 heteroatoms. The van der Waals surface area contributed by atoms with Crippen LogP contribution in [0.1, 0.15) is 23.1 Å². The van der Waals surface area contributed by atoms with Crippen LogP contribution in [-0.4, -0.2) is 34.0 Å². The lowest BCUT2D eigenvalue weighted by atomic mass is 10.1. The molecule has 0 fully saturated rings. The Morgan fingerprint density at radius 1 is 0.960 bits per heavy atom. The molecule has 0 saturated heterocycles. The van der Waals surface area contributed by atoms with Gasteiger partial charge in [0.05, 0.1) is 19.1 Å². The Morgan fingerprint density at radius 3 is 2.40 bits per heavy atom. The number of hydrogen-bond acceptors (Lipinski definition) is 4. The van der Waals surface area contributed by atoms with Gasteiger partial charge >= 0.3 is 0 Å². The van der Waals surface area contributed by atoms with Crippen LogP contribution in [0.4, 0.5) is 0 Å². The summed E-state index contributed by atoms with van der Waals surface area (Å²) in [6, 6.07) is 10.9. The van der Waals surface area contributed by atoms with Crippen LogP contribution in [0.25, 0.3) is 0 Å². The lowest BCUT2D eigenvalue weighted by Gasteiger charge is -2.19. The third-order valence-electron chi connectivity index (χ3n) is 4.63. The first-order valence-electron chi connectivity index (χ1n) is 8.24. The van der Waals surface area contributed by atoms with E-state index in [4.69, 9.17) is 9.47 Å². The summed E-state index contributed by atoms with van der Waals surface area (Å²) in [5, 5.41) is 0. The summed E-state index contributed by atoms with van der Waals surface area (Å²) in [7, 11) is 1.20. The number of hydrogen-bond donors (Lipinski definition) is 0. The molecule has 0 atom stereocenters. The van der Waals surface area contributed by atoms with Crippen molar-refractivity contribution in [2.24, 2.45) is 0 Å². The fourth-order valence-electron chi connectivity index (χ4n) is 3.21. The number of sulfonamides is 1. The molecule has 0 amide bonds. The molecule has 1 aliphatic rings. The summed E-state index contributed by atoms with van der Waals surface area (Å²) >= 11 is 0. The van der Waals surface area contributed by atoms with Crippen LogP contribution in [0.15, 0.2) is 41.3 Å². The van der Waals surface area contributed by atoms with Crippen molar-refractivity contribution < 1.29 is 17.9 Å². The second kappa shape index (κ2) is 7.06. The van der Waals surface area contributed by atoms with Gasteiger partial charge in [-0.25, -0.2) is 8.42 Å². The van der Waals surface area contributed by atoms with Crippen LogP contribution in [0.3, 0.4) is 0 Å². The van der Waals surface area contributed by atoms with Crippen molar-refractivity contribution in [3.8, 4) is 11.5 Å².